The fourth-order valence-corrected chi connectivity index (χ4v) is 2.34. The van der Waals surface area contributed by atoms with E-state index in [1.165, 1.54) is 5.56 Å². The second-order valence-corrected chi connectivity index (χ2v) is 6.07. The summed E-state index contributed by atoms with van der Waals surface area (Å²) >= 11 is 3.37. The second-order valence-electron chi connectivity index (χ2n) is 5.15. The predicted molar refractivity (Wildman–Crippen MR) is 91.8 cm³/mol. The highest BCUT2D eigenvalue weighted by molar-refractivity contribution is 9.10. The molecule has 0 aromatic heterocycles. The molecule has 0 aliphatic rings. The van der Waals surface area contributed by atoms with Crippen LogP contribution in [0.25, 0.3) is 0 Å². The molecule has 2 aromatic rings. The largest absolute Gasteiger partial charge is 0.376 e. The Bertz CT molecular complexity index is 608. The molecule has 0 fully saturated rings. The number of hydrogen-bond donors (Lipinski definition) is 2. The van der Waals surface area contributed by atoms with Crippen LogP contribution < -0.4 is 10.6 Å². The normalized spacial score (nSPS) is 10.5. The molecule has 0 bridgehead atoms. The Morgan fingerprint density at radius 2 is 1.76 bits per heavy atom. The van der Waals surface area contributed by atoms with E-state index in [9.17, 15) is 4.79 Å². The van der Waals surface area contributed by atoms with Crippen LogP contribution in [0.5, 0.6) is 0 Å². The number of para-hydroxylation sites is 1. The van der Waals surface area contributed by atoms with Crippen LogP contribution in [0, 0.1) is 0 Å². The molecule has 0 saturated heterocycles. The van der Waals surface area contributed by atoms with E-state index in [0.29, 0.717) is 5.92 Å². The molecule has 1 amide bonds. The van der Waals surface area contributed by atoms with Gasteiger partial charge in [0.05, 0.1) is 6.54 Å². The summed E-state index contributed by atoms with van der Waals surface area (Å²) in [6.45, 7) is 4.53. The standard InChI is InChI=1S/C17H19BrN2O/c1-12(2)15-5-3-4-6-16(15)19-11-17(21)20-14-9-7-13(18)8-10-14/h3-10,12,19H,11H2,1-2H3,(H,20,21). The van der Waals surface area contributed by atoms with Gasteiger partial charge in [-0.1, -0.05) is 48.0 Å². The van der Waals surface area contributed by atoms with Crippen LogP contribution in [0.1, 0.15) is 25.3 Å². The maximum atomic E-state index is 12.0. The molecule has 3 nitrogen and oxygen atoms in total. The third-order valence-corrected chi connectivity index (χ3v) is 3.68. The number of hydrogen-bond acceptors (Lipinski definition) is 2. The zero-order valence-corrected chi connectivity index (χ0v) is 13.8. The quantitative estimate of drug-likeness (QED) is 0.828. The topological polar surface area (TPSA) is 41.1 Å². The average molecular weight is 347 g/mol. The third kappa shape index (κ3) is 4.60. The molecule has 2 rings (SSSR count). The van der Waals surface area contributed by atoms with Gasteiger partial charge in [0.2, 0.25) is 5.91 Å². The first kappa shape index (κ1) is 15.6. The minimum Gasteiger partial charge on any atom is -0.376 e. The summed E-state index contributed by atoms with van der Waals surface area (Å²) in [5, 5.41) is 6.07. The van der Waals surface area contributed by atoms with Crippen LogP contribution in [0.3, 0.4) is 0 Å². The van der Waals surface area contributed by atoms with Crippen molar-refractivity contribution in [2.75, 3.05) is 17.2 Å². The van der Waals surface area contributed by atoms with E-state index in [0.717, 1.165) is 15.8 Å². The van der Waals surface area contributed by atoms with E-state index in [1.807, 2.05) is 42.5 Å². The molecule has 0 spiro atoms. The summed E-state index contributed by atoms with van der Waals surface area (Å²) in [4.78, 5) is 12.0. The first-order valence-electron chi connectivity index (χ1n) is 6.94. The van der Waals surface area contributed by atoms with Gasteiger partial charge < -0.3 is 10.6 Å². The molecule has 2 aromatic carbocycles. The lowest BCUT2D eigenvalue weighted by molar-refractivity contribution is -0.114. The Kier molecular flexibility index (Phi) is 5.39. The lowest BCUT2D eigenvalue weighted by atomic mass is 10.0. The van der Waals surface area contributed by atoms with Gasteiger partial charge >= 0.3 is 0 Å². The summed E-state index contributed by atoms with van der Waals surface area (Å²) in [6.07, 6.45) is 0. The Morgan fingerprint density at radius 1 is 1.10 bits per heavy atom. The summed E-state index contributed by atoms with van der Waals surface area (Å²) < 4.78 is 0.990. The summed E-state index contributed by atoms with van der Waals surface area (Å²) in [5.41, 5.74) is 3.02. The van der Waals surface area contributed by atoms with Gasteiger partial charge in [0.25, 0.3) is 0 Å². The fourth-order valence-electron chi connectivity index (χ4n) is 2.08. The number of amides is 1. The second kappa shape index (κ2) is 7.27. The molecule has 21 heavy (non-hydrogen) atoms. The minimum absolute atomic E-state index is 0.0594. The molecule has 2 N–H and O–H groups in total. The van der Waals surface area contributed by atoms with Crippen LogP contribution in [0.2, 0.25) is 0 Å². The first-order chi connectivity index (χ1) is 10.1. The van der Waals surface area contributed by atoms with E-state index in [-0.39, 0.29) is 12.5 Å². The lowest BCUT2D eigenvalue weighted by Crippen LogP contribution is -2.22. The summed E-state index contributed by atoms with van der Waals surface area (Å²) in [5.74, 6) is 0.360. The number of nitrogens with one attached hydrogen (secondary N) is 2. The van der Waals surface area contributed by atoms with Crippen LogP contribution in [-0.4, -0.2) is 12.5 Å². The lowest BCUT2D eigenvalue weighted by Gasteiger charge is -2.14. The van der Waals surface area contributed by atoms with Crippen molar-refractivity contribution in [2.45, 2.75) is 19.8 Å². The highest BCUT2D eigenvalue weighted by Gasteiger charge is 2.07. The number of carbonyl (C=O) groups is 1. The van der Waals surface area contributed by atoms with E-state index in [1.54, 1.807) is 0 Å². The number of carbonyl (C=O) groups excluding carboxylic acids is 1. The zero-order chi connectivity index (χ0) is 15.2. The molecule has 0 saturated carbocycles. The minimum atomic E-state index is -0.0594. The van der Waals surface area contributed by atoms with Gasteiger partial charge in [-0.05, 0) is 41.8 Å². The number of benzene rings is 2. The molecule has 4 heteroatoms. The van der Waals surface area contributed by atoms with Gasteiger partial charge in [-0.2, -0.15) is 0 Å². The molecule has 0 aliphatic carbocycles. The predicted octanol–water partition coefficient (Wildman–Crippen LogP) is 4.62. The van der Waals surface area contributed by atoms with Crippen molar-refractivity contribution in [1.29, 1.82) is 0 Å². The van der Waals surface area contributed by atoms with Crippen LogP contribution in [-0.2, 0) is 4.79 Å². The van der Waals surface area contributed by atoms with Crippen molar-refractivity contribution in [3.05, 3.63) is 58.6 Å². The fraction of sp³-hybridized carbons (Fsp3) is 0.235. The Labute approximate surface area is 133 Å². The van der Waals surface area contributed by atoms with Gasteiger partial charge in [0.15, 0.2) is 0 Å². The monoisotopic (exact) mass is 346 g/mol. The number of halogens is 1. The Morgan fingerprint density at radius 3 is 2.43 bits per heavy atom. The summed E-state index contributed by atoms with van der Waals surface area (Å²) in [6, 6.07) is 15.6. The van der Waals surface area contributed by atoms with Crippen molar-refractivity contribution in [1.82, 2.24) is 0 Å². The van der Waals surface area contributed by atoms with Crippen molar-refractivity contribution in [2.24, 2.45) is 0 Å². The highest BCUT2D eigenvalue weighted by Crippen LogP contribution is 2.23. The number of rotatable bonds is 5. The zero-order valence-electron chi connectivity index (χ0n) is 12.2. The van der Waals surface area contributed by atoms with Gasteiger partial charge in [0, 0.05) is 15.8 Å². The van der Waals surface area contributed by atoms with Crippen LogP contribution >= 0.6 is 15.9 Å². The molecule has 0 atom stereocenters. The van der Waals surface area contributed by atoms with Gasteiger partial charge in [-0.3, -0.25) is 4.79 Å². The van der Waals surface area contributed by atoms with Gasteiger partial charge in [-0.25, -0.2) is 0 Å². The number of anilines is 2. The highest BCUT2D eigenvalue weighted by atomic mass is 79.9. The van der Waals surface area contributed by atoms with Crippen molar-refractivity contribution in [3.8, 4) is 0 Å². The molecular formula is C17H19BrN2O. The van der Waals surface area contributed by atoms with E-state index in [4.69, 9.17) is 0 Å². The maximum Gasteiger partial charge on any atom is 0.243 e. The first-order valence-corrected chi connectivity index (χ1v) is 7.74. The van der Waals surface area contributed by atoms with Gasteiger partial charge in [0.1, 0.15) is 0 Å². The third-order valence-electron chi connectivity index (χ3n) is 3.15. The average Bonchev–Trinajstić information content (AvgIpc) is 2.48. The molecule has 0 unspecified atom stereocenters. The molecule has 0 aliphatic heterocycles. The van der Waals surface area contributed by atoms with Crippen molar-refractivity contribution >= 4 is 33.2 Å². The smallest absolute Gasteiger partial charge is 0.243 e. The Balaban J connectivity index is 1.94. The Hall–Kier alpha value is -1.81. The van der Waals surface area contributed by atoms with Crippen molar-refractivity contribution in [3.63, 3.8) is 0 Å². The SMILES string of the molecule is CC(C)c1ccccc1NCC(=O)Nc1ccc(Br)cc1. The molecular weight excluding hydrogens is 328 g/mol. The van der Waals surface area contributed by atoms with Crippen LogP contribution in [0.15, 0.2) is 53.0 Å². The van der Waals surface area contributed by atoms with Crippen molar-refractivity contribution < 1.29 is 4.79 Å². The molecule has 110 valence electrons. The van der Waals surface area contributed by atoms with Gasteiger partial charge in [-0.15, -0.1) is 0 Å². The van der Waals surface area contributed by atoms with E-state index < -0.39 is 0 Å². The van der Waals surface area contributed by atoms with Crippen LogP contribution in [0.4, 0.5) is 11.4 Å². The van der Waals surface area contributed by atoms with E-state index >= 15 is 0 Å². The molecule has 0 heterocycles. The maximum absolute atomic E-state index is 12.0. The molecule has 0 radical (unpaired) electrons. The summed E-state index contributed by atoms with van der Waals surface area (Å²) in [7, 11) is 0. The van der Waals surface area contributed by atoms with E-state index in [2.05, 4.69) is 46.5 Å².